The van der Waals surface area contributed by atoms with Crippen molar-refractivity contribution in [3.05, 3.63) is 60.2 Å². The lowest BCUT2D eigenvalue weighted by molar-refractivity contribution is -0.131. The number of benzene rings is 2. The minimum atomic E-state index is -0.635. The third-order valence-electron chi connectivity index (χ3n) is 4.78. The normalized spacial score (nSPS) is 22.2. The first-order chi connectivity index (χ1) is 13.3. The molecule has 2 unspecified atom stereocenters. The highest BCUT2D eigenvalue weighted by atomic mass is 16.6. The van der Waals surface area contributed by atoms with Gasteiger partial charge in [-0.2, -0.15) is 0 Å². The molecule has 142 valence electrons. The summed E-state index contributed by atoms with van der Waals surface area (Å²) in [4.78, 5) is 14.8. The highest BCUT2D eigenvalue weighted by Gasteiger charge is 2.28. The van der Waals surface area contributed by atoms with E-state index < -0.39 is 6.10 Å². The maximum atomic E-state index is 12.4. The molecule has 1 fully saturated rings. The van der Waals surface area contributed by atoms with Crippen LogP contribution in [0.5, 0.6) is 11.5 Å². The molecule has 2 aliphatic heterocycles. The minimum Gasteiger partial charge on any atom is -0.485 e. The summed E-state index contributed by atoms with van der Waals surface area (Å²) < 4.78 is 17.2. The molecule has 2 aliphatic rings. The Bertz CT molecular complexity index is 768. The number of ether oxygens (including phenoxy) is 3. The Labute approximate surface area is 159 Å². The smallest absolute Gasteiger partial charge is 0.264 e. The zero-order chi connectivity index (χ0) is 18.5. The second-order valence-corrected chi connectivity index (χ2v) is 6.82. The van der Waals surface area contributed by atoms with Crippen LogP contribution in [0.25, 0.3) is 0 Å². The van der Waals surface area contributed by atoms with Crippen molar-refractivity contribution in [2.24, 2.45) is 0 Å². The van der Waals surface area contributed by atoms with Gasteiger partial charge in [0, 0.05) is 26.2 Å². The number of carbonyl (C=O) groups is 1. The molecule has 6 heteroatoms. The van der Waals surface area contributed by atoms with E-state index in [0.29, 0.717) is 24.7 Å². The van der Waals surface area contributed by atoms with Gasteiger partial charge in [-0.25, -0.2) is 0 Å². The summed E-state index contributed by atoms with van der Waals surface area (Å²) in [5.74, 6) is 1.11. The van der Waals surface area contributed by atoms with Gasteiger partial charge in [-0.3, -0.25) is 9.69 Å². The van der Waals surface area contributed by atoms with Gasteiger partial charge in [-0.05, 0) is 17.7 Å². The molecule has 0 aromatic heterocycles. The van der Waals surface area contributed by atoms with E-state index in [1.54, 1.807) is 6.07 Å². The van der Waals surface area contributed by atoms with Crippen molar-refractivity contribution in [2.75, 3.05) is 32.8 Å². The predicted molar refractivity (Wildman–Crippen MR) is 101 cm³/mol. The molecule has 2 atom stereocenters. The fraction of sp³-hybridized carbons (Fsp3) is 0.381. The summed E-state index contributed by atoms with van der Waals surface area (Å²) >= 11 is 0. The maximum Gasteiger partial charge on any atom is 0.264 e. The molecule has 0 radical (unpaired) electrons. The number of para-hydroxylation sites is 2. The number of rotatable bonds is 5. The highest BCUT2D eigenvalue weighted by molar-refractivity contribution is 5.81. The number of amides is 1. The summed E-state index contributed by atoms with van der Waals surface area (Å²) in [5, 5.41) is 2.94. The van der Waals surface area contributed by atoms with E-state index in [2.05, 4.69) is 34.5 Å². The van der Waals surface area contributed by atoms with Gasteiger partial charge in [0.05, 0.1) is 12.7 Å². The molecule has 4 rings (SSSR count). The highest BCUT2D eigenvalue weighted by Crippen LogP contribution is 2.30. The second kappa shape index (κ2) is 8.41. The van der Waals surface area contributed by atoms with Gasteiger partial charge in [-0.15, -0.1) is 0 Å². The molecular formula is C21H24N2O4. The first-order valence-corrected chi connectivity index (χ1v) is 9.32. The van der Waals surface area contributed by atoms with Crippen LogP contribution < -0.4 is 14.8 Å². The largest absolute Gasteiger partial charge is 0.485 e. The van der Waals surface area contributed by atoms with Crippen LogP contribution >= 0.6 is 0 Å². The van der Waals surface area contributed by atoms with Crippen LogP contribution in [-0.2, 0) is 16.1 Å². The van der Waals surface area contributed by atoms with Crippen LogP contribution in [0.4, 0.5) is 0 Å². The molecule has 2 aromatic carbocycles. The van der Waals surface area contributed by atoms with Crippen molar-refractivity contribution in [3.63, 3.8) is 0 Å². The van der Waals surface area contributed by atoms with Gasteiger partial charge < -0.3 is 19.5 Å². The van der Waals surface area contributed by atoms with Crippen LogP contribution in [0.15, 0.2) is 54.6 Å². The average molecular weight is 368 g/mol. The summed E-state index contributed by atoms with van der Waals surface area (Å²) in [6.45, 7) is 3.94. The van der Waals surface area contributed by atoms with Gasteiger partial charge in [0.1, 0.15) is 6.61 Å². The van der Waals surface area contributed by atoms with Crippen molar-refractivity contribution >= 4 is 5.91 Å². The Morgan fingerprint density at radius 3 is 2.70 bits per heavy atom. The molecule has 0 spiro atoms. The predicted octanol–water partition coefficient (Wildman–Crippen LogP) is 1.84. The molecular weight excluding hydrogens is 344 g/mol. The Balaban J connectivity index is 1.25. The zero-order valence-electron chi connectivity index (χ0n) is 15.2. The van der Waals surface area contributed by atoms with Gasteiger partial charge in [-0.1, -0.05) is 42.5 Å². The standard InChI is InChI=1S/C21H24N2O4/c24-21(20-15-26-18-8-4-5-9-19(18)27-20)22-12-17-14-23(10-11-25-17)13-16-6-2-1-3-7-16/h1-9,17,20H,10-15H2,(H,22,24). The summed E-state index contributed by atoms with van der Waals surface area (Å²) in [6.07, 6.45) is -0.660. The van der Waals surface area contributed by atoms with E-state index >= 15 is 0 Å². The number of carbonyl (C=O) groups excluding carboxylic acids is 1. The molecule has 1 amide bonds. The lowest BCUT2D eigenvalue weighted by Gasteiger charge is -2.33. The molecule has 2 aromatic rings. The Kier molecular flexibility index (Phi) is 5.55. The summed E-state index contributed by atoms with van der Waals surface area (Å²) in [7, 11) is 0. The number of hydrogen-bond donors (Lipinski definition) is 1. The van der Waals surface area contributed by atoms with Crippen LogP contribution in [0.3, 0.4) is 0 Å². The SMILES string of the molecule is O=C(NCC1CN(Cc2ccccc2)CCO1)C1COc2ccccc2O1. The second-order valence-electron chi connectivity index (χ2n) is 6.82. The molecule has 6 nitrogen and oxygen atoms in total. The number of hydrogen-bond acceptors (Lipinski definition) is 5. The van der Waals surface area contributed by atoms with Gasteiger partial charge >= 0.3 is 0 Å². The third kappa shape index (κ3) is 4.59. The quantitative estimate of drug-likeness (QED) is 0.873. The Hall–Kier alpha value is -2.57. The first kappa shape index (κ1) is 17.8. The van der Waals surface area contributed by atoms with E-state index in [9.17, 15) is 4.79 Å². The van der Waals surface area contributed by atoms with E-state index in [-0.39, 0.29) is 18.6 Å². The molecule has 0 saturated carbocycles. The molecule has 2 heterocycles. The topological polar surface area (TPSA) is 60.0 Å². The van der Waals surface area contributed by atoms with E-state index in [1.807, 2.05) is 24.3 Å². The van der Waals surface area contributed by atoms with Gasteiger partial charge in [0.25, 0.3) is 5.91 Å². The molecule has 0 bridgehead atoms. The van der Waals surface area contributed by atoms with Gasteiger partial charge in [0.15, 0.2) is 11.5 Å². The van der Waals surface area contributed by atoms with Crippen LogP contribution in [-0.4, -0.2) is 55.9 Å². The van der Waals surface area contributed by atoms with Crippen molar-refractivity contribution in [1.29, 1.82) is 0 Å². The fourth-order valence-electron chi connectivity index (χ4n) is 3.37. The summed E-state index contributed by atoms with van der Waals surface area (Å²) in [6, 6.07) is 17.8. The van der Waals surface area contributed by atoms with Crippen LogP contribution in [0, 0.1) is 0 Å². The minimum absolute atomic E-state index is 0.0248. The monoisotopic (exact) mass is 368 g/mol. The molecule has 27 heavy (non-hydrogen) atoms. The van der Waals surface area contributed by atoms with E-state index in [4.69, 9.17) is 14.2 Å². The Morgan fingerprint density at radius 1 is 1.07 bits per heavy atom. The number of nitrogens with one attached hydrogen (secondary N) is 1. The first-order valence-electron chi connectivity index (χ1n) is 9.32. The molecule has 1 N–H and O–H groups in total. The van der Waals surface area contributed by atoms with E-state index in [1.165, 1.54) is 5.56 Å². The van der Waals surface area contributed by atoms with Crippen molar-refractivity contribution in [3.8, 4) is 11.5 Å². The Morgan fingerprint density at radius 2 is 1.85 bits per heavy atom. The van der Waals surface area contributed by atoms with Crippen molar-refractivity contribution in [1.82, 2.24) is 10.2 Å². The number of fused-ring (bicyclic) bond motifs is 1. The lowest BCUT2D eigenvalue weighted by Crippen LogP contribution is -2.50. The van der Waals surface area contributed by atoms with E-state index in [0.717, 1.165) is 19.6 Å². The fourth-order valence-corrected chi connectivity index (χ4v) is 3.37. The number of morpholine rings is 1. The van der Waals surface area contributed by atoms with Crippen LogP contribution in [0.2, 0.25) is 0 Å². The molecule has 0 aliphatic carbocycles. The number of nitrogens with zero attached hydrogens (tertiary/aromatic N) is 1. The van der Waals surface area contributed by atoms with Crippen molar-refractivity contribution < 1.29 is 19.0 Å². The molecule has 1 saturated heterocycles. The van der Waals surface area contributed by atoms with Gasteiger partial charge in [0.2, 0.25) is 6.10 Å². The average Bonchev–Trinajstić information content (AvgIpc) is 2.73. The van der Waals surface area contributed by atoms with Crippen LogP contribution in [0.1, 0.15) is 5.56 Å². The lowest BCUT2D eigenvalue weighted by atomic mass is 10.2. The summed E-state index contributed by atoms with van der Waals surface area (Å²) in [5.41, 5.74) is 1.29. The maximum absolute atomic E-state index is 12.4. The zero-order valence-corrected chi connectivity index (χ0v) is 15.2. The third-order valence-corrected chi connectivity index (χ3v) is 4.78. The van der Waals surface area contributed by atoms with Crippen molar-refractivity contribution in [2.45, 2.75) is 18.8 Å².